The highest BCUT2D eigenvalue weighted by molar-refractivity contribution is 6.69. The molecule has 0 bridgehead atoms. The number of halogens is 1. The topological polar surface area (TPSA) is 76.9 Å². The molecule has 1 aliphatic heterocycles. The number of ether oxygens (including phenoxy) is 1. The van der Waals surface area contributed by atoms with Crippen LogP contribution >= 0.6 is 11.6 Å². The number of rotatable bonds is 3. The number of nitrogens with zero attached hydrogens (tertiary/aromatic N) is 2. The molecule has 1 aliphatic carbocycles. The van der Waals surface area contributed by atoms with Crippen molar-refractivity contribution in [1.82, 2.24) is 4.90 Å². The summed E-state index contributed by atoms with van der Waals surface area (Å²) in [5, 5.41) is 0.345. The molecule has 6 heteroatoms. The van der Waals surface area contributed by atoms with Gasteiger partial charge in [-0.25, -0.2) is 0 Å². The van der Waals surface area contributed by atoms with Gasteiger partial charge in [0.2, 0.25) is 0 Å². The minimum Gasteiger partial charge on any atom is -0.403 e. The Bertz CT molecular complexity index is 345. The Balaban J connectivity index is 1.82. The Morgan fingerprint density at radius 2 is 1.84 bits per heavy atom. The molecule has 2 rings (SSSR count). The zero-order valence-electron chi connectivity index (χ0n) is 11.2. The second-order valence-corrected chi connectivity index (χ2v) is 5.51. The lowest BCUT2D eigenvalue weighted by atomic mass is 9.90. The van der Waals surface area contributed by atoms with Crippen LogP contribution in [0.5, 0.6) is 0 Å². The Labute approximate surface area is 119 Å². The van der Waals surface area contributed by atoms with Crippen LogP contribution in [0.1, 0.15) is 25.7 Å². The van der Waals surface area contributed by atoms with Crippen molar-refractivity contribution in [3.63, 3.8) is 0 Å². The van der Waals surface area contributed by atoms with E-state index in [9.17, 15) is 0 Å². The summed E-state index contributed by atoms with van der Waals surface area (Å²) >= 11 is 6.00. The van der Waals surface area contributed by atoms with Gasteiger partial charge in [-0.2, -0.15) is 0 Å². The standard InChI is InChI=1S/C13H23ClN4O/c14-13(12(16)9-15)17-10-1-3-11(4-2-10)18-5-7-19-8-6-18/h9-11H,1-8,15-16H2. The molecule has 0 amide bonds. The number of allylic oxidation sites excluding steroid dienone is 1. The van der Waals surface area contributed by atoms with Gasteiger partial charge in [0.15, 0.2) is 0 Å². The summed E-state index contributed by atoms with van der Waals surface area (Å²) in [4.78, 5) is 6.99. The third-order valence-electron chi connectivity index (χ3n) is 3.94. The molecular weight excluding hydrogens is 264 g/mol. The van der Waals surface area contributed by atoms with E-state index in [2.05, 4.69) is 9.89 Å². The van der Waals surface area contributed by atoms with E-state index in [0.29, 0.717) is 16.9 Å². The Morgan fingerprint density at radius 3 is 2.42 bits per heavy atom. The van der Waals surface area contributed by atoms with Crippen LogP contribution in [0.3, 0.4) is 0 Å². The van der Waals surface area contributed by atoms with Crippen molar-refractivity contribution in [3.8, 4) is 0 Å². The number of hydrogen-bond acceptors (Lipinski definition) is 5. The van der Waals surface area contributed by atoms with Gasteiger partial charge < -0.3 is 16.2 Å². The maximum Gasteiger partial charge on any atom is 0.148 e. The fraction of sp³-hybridized carbons (Fsp3) is 0.769. The number of hydrogen-bond donors (Lipinski definition) is 2. The monoisotopic (exact) mass is 286 g/mol. The van der Waals surface area contributed by atoms with Gasteiger partial charge >= 0.3 is 0 Å². The molecule has 0 spiro atoms. The molecule has 1 saturated heterocycles. The number of nitrogens with two attached hydrogens (primary N) is 2. The average molecular weight is 287 g/mol. The van der Waals surface area contributed by atoms with Crippen molar-refractivity contribution < 1.29 is 4.74 Å². The molecule has 19 heavy (non-hydrogen) atoms. The molecule has 0 atom stereocenters. The van der Waals surface area contributed by atoms with Crippen molar-refractivity contribution in [3.05, 3.63) is 11.9 Å². The SMILES string of the molecule is NC=C(N)C(Cl)=NC1CCC(N2CCOCC2)CC1. The van der Waals surface area contributed by atoms with Crippen LogP contribution in [-0.2, 0) is 4.74 Å². The Morgan fingerprint density at radius 1 is 1.21 bits per heavy atom. The quantitative estimate of drug-likeness (QED) is 0.760. The van der Waals surface area contributed by atoms with Gasteiger partial charge in [0, 0.05) is 25.3 Å². The van der Waals surface area contributed by atoms with Gasteiger partial charge in [-0.3, -0.25) is 9.89 Å². The van der Waals surface area contributed by atoms with E-state index in [1.54, 1.807) is 0 Å². The van der Waals surface area contributed by atoms with E-state index in [0.717, 1.165) is 39.1 Å². The zero-order valence-corrected chi connectivity index (χ0v) is 12.0. The minimum absolute atomic E-state index is 0.281. The molecule has 0 radical (unpaired) electrons. The highest BCUT2D eigenvalue weighted by atomic mass is 35.5. The second kappa shape index (κ2) is 7.12. The van der Waals surface area contributed by atoms with E-state index in [1.807, 2.05) is 0 Å². The molecule has 4 N–H and O–H groups in total. The highest BCUT2D eigenvalue weighted by Gasteiger charge is 2.26. The van der Waals surface area contributed by atoms with E-state index < -0.39 is 0 Å². The summed E-state index contributed by atoms with van der Waals surface area (Å²) in [5.41, 5.74) is 11.3. The molecule has 0 aromatic carbocycles. The fourth-order valence-electron chi connectivity index (χ4n) is 2.80. The normalized spacial score (nSPS) is 31.4. The smallest absolute Gasteiger partial charge is 0.148 e. The third kappa shape index (κ3) is 4.09. The molecule has 1 saturated carbocycles. The van der Waals surface area contributed by atoms with Crippen molar-refractivity contribution in [2.75, 3.05) is 26.3 Å². The molecular formula is C13H23ClN4O. The van der Waals surface area contributed by atoms with Crippen LogP contribution in [0.25, 0.3) is 0 Å². The first-order valence-corrected chi connectivity index (χ1v) is 7.31. The lowest BCUT2D eigenvalue weighted by molar-refractivity contribution is 0.00755. The third-order valence-corrected chi connectivity index (χ3v) is 4.26. The van der Waals surface area contributed by atoms with E-state index in [-0.39, 0.29) is 6.04 Å². The maximum absolute atomic E-state index is 6.00. The van der Waals surface area contributed by atoms with E-state index in [4.69, 9.17) is 27.8 Å². The first-order valence-electron chi connectivity index (χ1n) is 6.93. The van der Waals surface area contributed by atoms with Crippen LogP contribution in [0.4, 0.5) is 0 Å². The minimum atomic E-state index is 0.281. The van der Waals surface area contributed by atoms with Crippen molar-refractivity contribution >= 4 is 16.8 Å². The maximum atomic E-state index is 6.00. The van der Waals surface area contributed by atoms with Crippen LogP contribution < -0.4 is 11.5 Å². The highest BCUT2D eigenvalue weighted by Crippen LogP contribution is 2.26. The predicted octanol–water partition coefficient (Wildman–Crippen LogP) is 1.03. The lowest BCUT2D eigenvalue weighted by Crippen LogP contribution is -2.45. The first kappa shape index (κ1) is 14.6. The molecule has 0 aromatic heterocycles. The first-order chi connectivity index (χ1) is 9.20. The molecule has 1 heterocycles. The van der Waals surface area contributed by atoms with Gasteiger partial charge in [-0.1, -0.05) is 11.6 Å². The summed E-state index contributed by atoms with van der Waals surface area (Å²) in [5.74, 6) is 0. The fourth-order valence-corrected chi connectivity index (χ4v) is 3.00. The van der Waals surface area contributed by atoms with Gasteiger partial charge in [0.05, 0.1) is 25.0 Å². The predicted molar refractivity (Wildman–Crippen MR) is 78.2 cm³/mol. The van der Waals surface area contributed by atoms with Crippen molar-refractivity contribution in [1.29, 1.82) is 0 Å². The average Bonchev–Trinajstić information content (AvgIpc) is 2.48. The van der Waals surface area contributed by atoms with Crippen LogP contribution in [0.15, 0.2) is 16.9 Å². The van der Waals surface area contributed by atoms with Crippen molar-refractivity contribution in [2.45, 2.75) is 37.8 Å². The summed E-state index contributed by atoms with van der Waals surface area (Å²) in [6, 6.07) is 0.958. The largest absolute Gasteiger partial charge is 0.403 e. The summed E-state index contributed by atoms with van der Waals surface area (Å²) in [7, 11) is 0. The van der Waals surface area contributed by atoms with E-state index in [1.165, 1.54) is 19.0 Å². The second-order valence-electron chi connectivity index (χ2n) is 5.15. The van der Waals surface area contributed by atoms with E-state index >= 15 is 0 Å². The summed E-state index contributed by atoms with van der Waals surface area (Å²) in [6.07, 6.45) is 5.77. The molecule has 108 valence electrons. The Kier molecular flexibility index (Phi) is 5.48. The van der Waals surface area contributed by atoms with Crippen LogP contribution in [-0.4, -0.2) is 48.5 Å². The molecule has 2 fully saturated rings. The molecule has 0 aromatic rings. The molecule has 2 aliphatic rings. The lowest BCUT2D eigenvalue weighted by Gasteiger charge is -2.38. The summed E-state index contributed by atoms with van der Waals surface area (Å²) in [6.45, 7) is 3.84. The van der Waals surface area contributed by atoms with Crippen molar-refractivity contribution in [2.24, 2.45) is 16.5 Å². The number of aliphatic imine (C=N–C) groups is 1. The van der Waals surface area contributed by atoms with Gasteiger partial charge in [0.25, 0.3) is 0 Å². The zero-order chi connectivity index (χ0) is 13.7. The van der Waals surface area contributed by atoms with Gasteiger partial charge in [0.1, 0.15) is 5.17 Å². The molecule has 5 nitrogen and oxygen atoms in total. The number of morpholine rings is 1. The molecule has 0 unspecified atom stereocenters. The summed E-state index contributed by atoms with van der Waals surface area (Å²) < 4.78 is 5.39. The van der Waals surface area contributed by atoms with Crippen LogP contribution in [0.2, 0.25) is 0 Å². The van der Waals surface area contributed by atoms with Gasteiger partial charge in [-0.15, -0.1) is 0 Å². The van der Waals surface area contributed by atoms with Gasteiger partial charge in [-0.05, 0) is 25.7 Å². The van der Waals surface area contributed by atoms with Crippen LogP contribution in [0, 0.1) is 0 Å². The Hall–Kier alpha value is -0.780.